The van der Waals surface area contributed by atoms with Crippen LogP contribution in [0.4, 0.5) is 11.4 Å². The Morgan fingerprint density at radius 3 is 2.02 bits per heavy atom. The Balaban J connectivity index is 1.42. The number of anilines is 2. The SMILES string of the molecule is CCOc1ccc(/C=C(\NC(=O)c2ccccc2)C(=O)Nc2ccc(SCC(=O)Nc3ccccc3)cc2)cc1. The third-order valence-electron chi connectivity index (χ3n) is 5.57. The minimum atomic E-state index is -0.471. The summed E-state index contributed by atoms with van der Waals surface area (Å²) in [7, 11) is 0. The van der Waals surface area contributed by atoms with Crippen molar-refractivity contribution >= 4 is 46.9 Å². The van der Waals surface area contributed by atoms with E-state index in [1.54, 1.807) is 54.6 Å². The third-order valence-corrected chi connectivity index (χ3v) is 6.58. The van der Waals surface area contributed by atoms with E-state index >= 15 is 0 Å². The molecule has 3 amide bonds. The van der Waals surface area contributed by atoms with E-state index in [2.05, 4.69) is 16.0 Å². The lowest BCUT2D eigenvalue weighted by Crippen LogP contribution is -2.30. The highest BCUT2D eigenvalue weighted by Crippen LogP contribution is 2.21. The minimum Gasteiger partial charge on any atom is -0.494 e. The molecule has 0 aromatic heterocycles. The van der Waals surface area contributed by atoms with Crippen LogP contribution in [0, 0.1) is 0 Å². The summed E-state index contributed by atoms with van der Waals surface area (Å²) in [4.78, 5) is 39.2. The number of thioether (sulfide) groups is 1. The molecule has 0 fully saturated rings. The molecule has 0 aliphatic rings. The minimum absolute atomic E-state index is 0.0917. The van der Waals surface area contributed by atoms with Crippen molar-refractivity contribution < 1.29 is 19.1 Å². The van der Waals surface area contributed by atoms with Crippen LogP contribution < -0.4 is 20.7 Å². The van der Waals surface area contributed by atoms with Crippen molar-refractivity contribution in [3.63, 3.8) is 0 Å². The number of benzene rings is 4. The topological polar surface area (TPSA) is 96.5 Å². The summed E-state index contributed by atoms with van der Waals surface area (Å²) in [5, 5.41) is 8.43. The largest absolute Gasteiger partial charge is 0.494 e. The predicted molar refractivity (Wildman–Crippen MR) is 160 cm³/mol. The number of carbonyl (C=O) groups excluding carboxylic acids is 3. The Labute approximate surface area is 237 Å². The van der Waals surface area contributed by atoms with Gasteiger partial charge in [-0.05, 0) is 79.2 Å². The molecule has 8 heteroatoms. The van der Waals surface area contributed by atoms with E-state index in [0.717, 1.165) is 21.9 Å². The molecule has 4 rings (SSSR count). The lowest BCUT2D eigenvalue weighted by molar-refractivity contribution is -0.114. The van der Waals surface area contributed by atoms with Gasteiger partial charge in [-0.25, -0.2) is 0 Å². The van der Waals surface area contributed by atoms with Gasteiger partial charge in [0.15, 0.2) is 0 Å². The Kier molecular flexibility index (Phi) is 10.1. The summed E-state index contributed by atoms with van der Waals surface area (Å²) in [6, 6.07) is 32.4. The molecular formula is C32H29N3O4S. The molecule has 0 radical (unpaired) electrons. The number of hydrogen-bond acceptors (Lipinski definition) is 5. The van der Waals surface area contributed by atoms with Crippen LogP contribution in [0.2, 0.25) is 0 Å². The molecule has 7 nitrogen and oxygen atoms in total. The van der Waals surface area contributed by atoms with Gasteiger partial charge in [0.25, 0.3) is 11.8 Å². The standard InChI is InChI=1S/C32H29N3O4S/c1-2-39-27-17-13-23(14-18-27)21-29(35-31(37)24-9-5-3-6-10-24)32(38)34-26-15-19-28(20-16-26)40-22-30(36)33-25-11-7-4-8-12-25/h3-21H,2,22H2,1H3,(H,33,36)(H,34,38)(H,35,37)/b29-21-. The Morgan fingerprint density at radius 1 is 0.750 bits per heavy atom. The molecule has 3 N–H and O–H groups in total. The van der Waals surface area contributed by atoms with Crippen LogP contribution in [0.5, 0.6) is 5.75 Å². The van der Waals surface area contributed by atoms with Gasteiger partial charge in [0, 0.05) is 21.8 Å². The first-order valence-electron chi connectivity index (χ1n) is 12.7. The number of carbonyl (C=O) groups is 3. The molecule has 0 aliphatic carbocycles. The highest BCUT2D eigenvalue weighted by Gasteiger charge is 2.15. The fourth-order valence-electron chi connectivity index (χ4n) is 3.64. The zero-order chi connectivity index (χ0) is 28.2. The summed E-state index contributed by atoms with van der Waals surface area (Å²) in [6.45, 7) is 2.46. The monoisotopic (exact) mass is 551 g/mol. The molecule has 0 saturated carbocycles. The second-order valence-electron chi connectivity index (χ2n) is 8.56. The van der Waals surface area contributed by atoms with Gasteiger partial charge in [-0.15, -0.1) is 11.8 Å². The molecule has 202 valence electrons. The van der Waals surface area contributed by atoms with Gasteiger partial charge in [-0.3, -0.25) is 14.4 Å². The van der Waals surface area contributed by atoms with Gasteiger partial charge >= 0.3 is 0 Å². The van der Waals surface area contributed by atoms with Crippen LogP contribution in [0.15, 0.2) is 120 Å². The van der Waals surface area contributed by atoms with Gasteiger partial charge in [0.2, 0.25) is 5.91 Å². The molecule has 40 heavy (non-hydrogen) atoms. The first-order valence-corrected chi connectivity index (χ1v) is 13.7. The fourth-order valence-corrected chi connectivity index (χ4v) is 4.33. The molecule has 0 saturated heterocycles. The number of ether oxygens (including phenoxy) is 1. The molecule has 0 bridgehead atoms. The molecule has 0 heterocycles. The van der Waals surface area contributed by atoms with Gasteiger partial charge in [-0.1, -0.05) is 48.5 Å². The smallest absolute Gasteiger partial charge is 0.272 e. The van der Waals surface area contributed by atoms with Crippen LogP contribution in [0.25, 0.3) is 6.08 Å². The molecule has 4 aromatic carbocycles. The molecule has 4 aromatic rings. The molecule has 0 unspecified atom stereocenters. The predicted octanol–water partition coefficient (Wildman–Crippen LogP) is 6.23. The highest BCUT2D eigenvalue weighted by molar-refractivity contribution is 8.00. The number of rotatable bonds is 11. The van der Waals surface area contributed by atoms with E-state index in [1.807, 2.05) is 67.6 Å². The van der Waals surface area contributed by atoms with E-state index in [4.69, 9.17) is 4.74 Å². The molecule has 0 aliphatic heterocycles. The lowest BCUT2D eigenvalue weighted by atomic mass is 10.1. The van der Waals surface area contributed by atoms with E-state index in [9.17, 15) is 14.4 Å². The first kappa shape index (κ1) is 28.2. The summed E-state index contributed by atoms with van der Waals surface area (Å²) in [5.41, 5.74) is 2.55. The second kappa shape index (κ2) is 14.4. The van der Waals surface area contributed by atoms with E-state index < -0.39 is 11.8 Å². The normalized spacial score (nSPS) is 10.9. The Morgan fingerprint density at radius 2 is 1.38 bits per heavy atom. The van der Waals surface area contributed by atoms with Crippen molar-refractivity contribution in [2.45, 2.75) is 11.8 Å². The average Bonchev–Trinajstić information content (AvgIpc) is 2.98. The van der Waals surface area contributed by atoms with Gasteiger partial charge < -0.3 is 20.7 Å². The van der Waals surface area contributed by atoms with E-state index in [-0.39, 0.29) is 17.4 Å². The summed E-state index contributed by atoms with van der Waals surface area (Å²) >= 11 is 1.39. The maximum Gasteiger partial charge on any atom is 0.272 e. The fraction of sp³-hybridized carbons (Fsp3) is 0.0938. The maximum absolute atomic E-state index is 13.2. The van der Waals surface area contributed by atoms with Crippen LogP contribution in [0.3, 0.4) is 0 Å². The summed E-state index contributed by atoms with van der Waals surface area (Å²) in [5.74, 6) is -0.00303. The van der Waals surface area contributed by atoms with Crippen molar-refractivity contribution in [3.05, 3.63) is 126 Å². The number of amides is 3. The quantitative estimate of drug-likeness (QED) is 0.152. The Hall–Kier alpha value is -4.82. The lowest BCUT2D eigenvalue weighted by Gasteiger charge is -2.12. The molecule has 0 spiro atoms. The average molecular weight is 552 g/mol. The summed E-state index contributed by atoms with van der Waals surface area (Å²) < 4.78 is 5.49. The second-order valence-corrected chi connectivity index (χ2v) is 9.61. The van der Waals surface area contributed by atoms with Crippen LogP contribution >= 0.6 is 11.8 Å². The highest BCUT2D eigenvalue weighted by atomic mass is 32.2. The Bertz CT molecular complexity index is 1460. The van der Waals surface area contributed by atoms with Gasteiger partial charge in [0.1, 0.15) is 11.4 Å². The number of nitrogens with one attached hydrogen (secondary N) is 3. The van der Waals surface area contributed by atoms with Gasteiger partial charge in [-0.2, -0.15) is 0 Å². The molecule has 0 atom stereocenters. The van der Waals surface area contributed by atoms with E-state index in [0.29, 0.717) is 17.9 Å². The third kappa shape index (κ3) is 8.61. The summed E-state index contributed by atoms with van der Waals surface area (Å²) in [6.07, 6.45) is 1.61. The maximum atomic E-state index is 13.2. The number of para-hydroxylation sites is 1. The molecular weight excluding hydrogens is 522 g/mol. The zero-order valence-electron chi connectivity index (χ0n) is 21.9. The zero-order valence-corrected chi connectivity index (χ0v) is 22.7. The van der Waals surface area contributed by atoms with Crippen LogP contribution in [0.1, 0.15) is 22.8 Å². The first-order chi connectivity index (χ1) is 19.5. The van der Waals surface area contributed by atoms with Gasteiger partial charge in [0.05, 0.1) is 12.4 Å². The van der Waals surface area contributed by atoms with Crippen LogP contribution in [-0.4, -0.2) is 30.1 Å². The van der Waals surface area contributed by atoms with Crippen molar-refractivity contribution in [1.29, 1.82) is 0 Å². The van der Waals surface area contributed by atoms with Crippen molar-refractivity contribution in [1.82, 2.24) is 5.32 Å². The van der Waals surface area contributed by atoms with Crippen molar-refractivity contribution in [3.8, 4) is 5.75 Å². The number of hydrogen-bond donors (Lipinski definition) is 3. The van der Waals surface area contributed by atoms with Crippen molar-refractivity contribution in [2.24, 2.45) is 0 Å². The van der Waals surface area contributed by atoms with Crippen LogP contribution in [-0.2, 0) is 9.59 Å². The van der Waals surface area contributed by atoms with E-state index in [1.165, 1.54) is 11.8 Å². The van der Waals surface area contributed by atoms with Crippen molar-refractivity contribution in [2.75, 3.05) is 23.0 Å².